The zero-order chi connectivity index (χ0) is 17.9. The summed E-state index contributed by atoms with van der Waals surface area (Å²) >= 11 is 1.54. The molecule has 1 saturated heterocycles. The van der Waals surface area contributed by atoms with Gasteiger partial charge >= 0.3 is 0 Å². The third-order valence-corrected chi connectivity index (χ3v) is 5.69. The number of nitrogens with zero attached hydrogens (tertiary/aromatic N) is 4. The van der Waals surface area contributed by atoms with Gasteiger partial charge in [0.2, 0.25) is 5.89 Å². The molecule has 136 valence electrons. The lowest BCUT2D eigenvalue weighted by atomic mass is 9.97. The first-order chi connectivity index (χ1) is 12.7. The number of hydrogen-bond acceptors (Lipinski definition) is 7. The predicted octanol–water partition coefficient (Wildman–Crippen LogP) is 3.89. The van der Waals surface area contributed by atoms with E-state index in [1.54, 1.807) is 7.11 Å². The Balaban J connectivity index is 1.45. The summed E-state index contributed by atoms with van der Waals surface area (Å²) in [4.78, 5) is 7.67. The highest BCUT2D eigenvalue weighted by Crippen LogP contribution is 2.31. The highest BCUT2D eigenvalue weighted by Gasteiger charge is 2.26. The third-order valence-electron chi connectivity index (χ3n) is 4.78. The predicted molar refractivity (Wildman–Crippen MR) is 100 cm³/mol. The van der Waals surface area contributed by atoms with Crippen LogP contribution in [0.3, 0.4) is 0 Å². The van der Waals surface area contributed by atoms with Gasteiger partial charge in [-0.3, -0.25) is 4.90 Å². The van der Waals surface area contributed by atoms with Crippen molar-refractivity contribution in [2.75, 3.05) is 20.2 Å². The molecule has 0 spiro atoms. The summed E-state index contributed by atoms with van der Waals surface area (Å²) in [5.41, 5.74) is 4.01. The maximum Gasteiger partial charge on any atom is 0.259 e. The molecule has 0 amide bonds. The van der Waals surface area contributed by atoms with Crippen molar-refractivity contribution in [3.8, 4) is 16.5 Å². The van der Waals surface area contributed by atoms with Crippen molar-refractivity contribution in [1.29, 1.82) is 0 Å². The number of likely N-dealkylation sites (tertiary alicyclic amines) is 1. The van der Waals surface area contributed by atoms with Crippen LogP contribution in [-0.2, 0) is 6.54 Å². The van der Waals surface area contributed by atoms with E-state index < -0.39 is 0 Å². The van der Waals surface area contributed by atoms with E-state index in [9.17, 15) is 0 Å². The average molecular weight is 370 g/mol. The van der Waals surface area contributed by atoms with E-state index in [2.05, 4.69) is 32.2 Å². The SMILES string of the molecule is COc1cccc(CN2CCC[C@@H](c3nnc(-c4scnc4C)o3)C2)c1. The molecule has 0 saturated carbocycles. The monoisotopic (exact) mass is 370 g/mol. The normalized spacial score (nSPS) is 18.2. The lowest BCUT2D eigenvalue weighted by Gasteiger charge is -2.31. The fourth-order valence-electron chi connectivity index (χ4n) is 3.43. The molecule has 26 heavy (non-hydrogen) atoms. The molecule has 1 atom stereocenters. The van der Waals surface area contributed by atoms with Crippen LogP contribution in [0.4, 0.5) is 0 Å². The summed E-state index contributed by atoms with van der Waals surface area (Å²) < 4.78 is 11.3. The van der Waals surface area contributed by atoms with Crippen molar-refractivity contribution >= 4 is 11.3 Å². The molecule has 4 rings (SSSR count). The van der Waals surface area contributed by atoms with Crippen LogP contribution in [0.25, 0.3) is 10.8 Å². The van der Waals surface area contributed by atoms with Crippen LogP contribution < -0.4 is 4.74 Å². The van der Waals surface area contributed by atoms with E-state index in [-0.39, 0.29) is 5.92 Å². The summed E-state index contributed by atoms with van der Waals surface area (Å²) in [7, 11) is 1.70. The standard InChI is InChI=1S/C19H22N4O2S/c1-13-17(26-12-20-13)19-22-21-18(25-19)15-6-4-8-23(11-15)10-14-5-3-7-16(9-14)24-2/h3,5,7,9,12,15H,4,6,8,10-11H2,1-2H3/t15-/m1/s1. The van der Waals surface area contributed by atoms with Crippen LogP contribution in [0.5, 0.6) is 5.75 Å². The molecule has 0 radical (unpaired) electrons. The van der Waals surface area contributed by atoms with Crippen LogP contribution in [0.15, 0.2) is 34.2 Å². The van der Waals surface area contributed by atoms with Crippen molar-refractivity contribution in [3.63, 3.8) is 0 Å². The van der Waals surface area contributed by atoms with Gasteiger partial charge in [-0.1, -0.05) is 12.1 Å². The molecule has 0 aliphatic carbocycles. The van der Waals surface area contributed by atoms with E-state index in [4.69, 9.17) is 9.15 Å². The molecule has 3 heterocycles. The Labute approximate surface area is 156 Å². The van der Waals surface area contributed by atoms with Gasteiger partial charge in [0.15, 0.2) is 0 Å². The molecule has 0 bridgehead atoms. The summed E-state index contributed by atoms with van der Waals surface area (Å²) in [6.07, 6.45) is 2.21. The molecule has 1 aliphatic rings. The number of piperidine rings is 1. The molecule has 0 N–H and O–H groups in total. The zero-order valence-corrected chi connectivity index (χ0v) is 15.8. The number of hydrogen-bond donors (Lipinski definition) is 0. The Hall–Kier alpha value is -2.25. The first kappa shape index (κ1) is 17.2. The second-order valence-electron chi connectivity index (χ2n) is 6.64. The molecular formula is C19H22N4O2S. The molecular weight excluding hydrogens is 348 g/mol. The lowest BCUT2D eigenvalue weighted by molar-refractivity contribution is 0.186. The Kier molecular flexibility index (Phi) is 4.99. The van der Waals surface area contributed by atoms with Gasteiger partial charge in [0.25, 0.3) is 5.89 Å². The minimum atomic E-state index is 0.281. The van der Waals surface area contributed by atoms with Gasteiger partial charge in [0.1, 0.15) is 10.6 Å². The highest BCUT2D eigenvalue weighted by molar-refractivity contribution is 7.13. The minimum absolute atomic E-state index is 0.281. The van der Waals surface area contributed by atoms with E-state index in [1.807, 2.05) is 24.6 Å². The molecule has 1 aliphatic heterocycles. The van der Waals surface area contributed by atoms with Crippen molar-refractivity contribution < 1.29 is 9.15 Å². The van der Waals surface area contributed by atoms with Gasteiger partial charge in [-0.2, -0.15) is 0 Å². The number of aryl methyl sites for hydroxylation is 1. The summed E-state index contributed by atoms with van der Waals surface area (Å²) in [6, 6.07) is 8.26. The molecule has 1 fully saturated rings. The van der Waals surface area contributed by atoms with Crippen LogP contribution >= 0.6 is 11.3 Å². The second kappa shape index (κ2) is 7.55. The highest BCUT2D eigenvalue weighted by atomic mass is 32.1. The van der Waals surface area contributed by atoms with Gasteiger partial charge in [0.05, 0.1) is 24.2 Å². The zero-order valence-electron chi connectivity index (χ0n) is 15.0. The van der Waals surface area contributed by atoms with Crippen LogP contribution in [0.1, 0.15) is 35.9 Å². The number of aromatic nitrogens is 3. The molecule has 2 aromatic heterocycles. The number of thiazole rings is 1. The fourth-order valence-corrected chi connectivity index (χ4v) is 4.15. The van der Waals surface area contributed by atoms with Gasteiger partial charge in [-0.15, -0.1) is 21.5 Å². The largest absolute Gasteiger partial charge is 0.497 e. The van der Waals surface area contributed by atoms with Crippen LogP contribution in [0, 0.1) is 6.92 Å². The van der Waals surface area contributed by atoms with Crippen molar-refractivity contribution in [2.24, 2.45) is 0 Å². The average Bonchev–Trinajstić information content (AvgIpc) is 3.31. The second-order valence-corrected chi connectivity index (χ2v) is 7.49. The smallest absolute Gasteiger partial charge is 0.259 e. The van der Waals surface area contributed by atoms with Gasteiger partial charge in [0, 0.05) is 13.1 Å². The number of ether oxygens (including phenoxy) is 1. The van der Waals surface area contributed by atoms with Crippen molar-refractivity contribution in [2.45, 2.75) is 32.2 Å². The maximum absolute atomic E-state index is 5.98. The molecule has 1 aromatic carbocycles. The number of rotatable bonds is 5. The first-order valence-electron chi connectivity index (χ1n) is 8.82. The third kappa shape index (κ3) is 3.64. The molecule has 0 unspecified atom stereocenters. The Morgan fingerprint density at radius 3 is 3.08 bits per heavy atom. The molecule has 3 aromatic rings. The summed E-state index contributed by atoms with van der Waals surface area (Å²) in [5.74, 6) is 2.51. The topological polar surface area (TPSA) is 64.3 Å². The van der Waals surface area contributed by atoms with E-state index in [1.165, 1.54) is 16.9 Å². The van der Waals surface area contributed by atoms with E-state index in [0.717, 1.165) is 54.7 Å². The first-order valence-corrected chi connectivity index (χ1v) is 9.70. The quantitative estimate of drug-likeness (QED) is 0.679. The van der Waals surface area contributed by atoms with Gasteiger partial charge in [-0.05, 0) is 44.0 Å². The lowest BCUT2D eigenvalue weighted by Crippen LogP contribution is -2.34. The van der Waals surface area contributed by atoms with Crippen LogP contribution in [0.2, 0.25) is 0 Å². The Morgan fingerprint density at radius 2 is 2.27 bits per heavy atom. The Bertz CT molecular complexity index is 876. The van der Waals surface area contributed by atoms with Crippen molar-refractivity contribution in [3.05, 3.63) is 46.9 Å². The van der Waals surface area contributed by atoms with Crippen molar-refractivity contribution in [1.82, 2.24) is 20.1 Å². The summed E-state index contributed by atoms with van der Waals surface area (Å²) in [5, 5.41) is 8.57. The number of methoxy groups -OCH3 is 1. The van der Waals surface area contributed by atoms with Gasteiger partial charge < -0.3 is 9.15 Å². The van der Waals surface area contributed by atoms with Gasteiger partial charge in [-0.25, -0.2) is 4.98 Å². The maximum atomic E-state index is 5.98. The fraction of sp³-hybridized carbons (Fsp3) is 0.421. The van der Waals surface area contributed by atoms with E-state index >= 15 is 0 Å². The van der Waals surface area contributed by atoms with Crippen LogP contribution in [-0.4, -0.2) is 40.3 Å². The summed E-state index contributed by atoms with van der Waals surface area (Å²) in [6.45, 7) is 4.89. The molecule has 7 heteroatoms. The molecule has 6 nitrogen and oxygen atoms in total. The Morgan fingerprint density at radius 1 is 1.35 bits per heavy atom. The number of benzene rings is 1. The minimum Gasteiger partial charge on any atom is -0.497 e. The van der Waals surface area contributed by atoms with E-state index in [0.29, 0.717) is 5.89 Å².